The van der Waals surface area contributed by atoms with Crippen LogP contribution in [0.15, 0.2) is 24.3 Å². The molecule has 0 bridgehead atoms. The van der Waals surface area contributed by atoms with Crippen molar-refractivity contribution < 1.29 is 0 Å². The lowest BCUT2D eigenvalue weighted by Gasteiger charge is -2.04. The van der Waals surface area contributed by atoms with Crippen LogP contribution in [0.25, 0.3) is 0 Å². The highest BCUT2D eigenvalue weighted by Gasteiger charge is 1.96. The summed E-state index contributed by atoms with van der Waals surface area (Å²) < 4.78 is 0. The van der Waals surface area contributed by atoms with Crippen molar-refractivity contribution in [2.45, 2.75) is 13.0 Å². The molecule has 1 nitrogen and oxygen atoms in total. The average molecular weight is 131 g/mol. The summed E-state index contributed by atoms with van der Waals surface area (Å²) >= 11 is 0. The molecular weight excluding hydrogens is 121 g/mol. The fourth-order valence-corrected chi connectivity index (χ4v) is 0.842. The molecule has 0 spiro atoms. The number of benzene rings is 1. The van der Waals surface area contributed by atoms with Crippen molar-refractivity contribution in [1.82, 2.24) is 0 Å². The normalized spacial score (nSPS) is 13.0. The molecule has 0 aromatic heterocycles. The number of rotatable bonds is 1. The van der Waals surface area contributed by atoms with Gasteiger partial charge in [0.15, 0.2) is 0 Å². The molecule has 10 heavy (non-hydrogen) atoms. The maximum atomic E-state index is 5.63. The van der Waals surface area contributed by atoms with Crippen LogP contribution in [0.3, 0.4) is 0 Å². The Morgan fingerprint density at radius 3 is 2.60 bits per heavy atom. The first-order valence-corrected chi connectivity index (χ1v) is 3.31. The van der Waals surface area contributed by atoms with Crippen LogP contribution in [0.5, 0.6) is 0 Å². The Morgan fingerprint density at radius 2 is 2.20 bits per heavy atom. The number of nitrogens with two attached hydrogens (primary N) is 1. The second kappa shape index (κ2) is 2.89. The van der Waals surface area contributed by atoms with Gasteiger partial charge in [-0.05, 0) is 12.5 Å². The van der Waals surface area contributed by atoms with Gasteiger partial charge in [-0.1, -0.05) is 29.7 Å². The van der Waals surface area contributed by atoms with E-state index in [9.17, 15) is 0 Å². The van der Waals surface area contributed by atoms with Gasteiger partial charge in [0.2, 0.25) is 0 Å². The smallest absolute Gasteiger partial charge is 0.113 e. The average Bonchev–Trinajstić information content (AvgIpc) is 1.88. The Kier molecular flexibility index (Phi) is 2.12. The monoisotopic (exact) mass is 131 g/mol. The van der Waals surface area contributed by atoms with Crippen molar-refractivity contribution in [2.75, 3.05) is 0 Å². The first kappa shape index (κ1) is 7.35. The molecule has 0 aliphatic carbocycles. The van der Waals surface area contributed by atoms with Crippen LogP contribution in [-0.2, 0) is 0 Å². The van der Waals surface area contributed by atoms with Gasteiger partial charge in [0, 0.05) is 6.04 Å². The van der Waals surface area contributed by atoms with Crippen LogP contribution < -0.4 is 11.2 Å². The van der Waals surface area contributed by atoms with E-state index in [1.54, 1.807) is 0 Å². The van der Waals surface area contributed by atoms with Crippen LogP contribution in [0, 0.1) is 0 Å². The Morgan fingerprint density at radius 1 is 1.50 bits per heavy atom. The first-order chi connectivity index (χ1) is 4.70. The van der Waals surface area contributed by atoms with E-state index in [0.717, 1.165) is 11.0 Å². The summed E-state index contributed by atoms with van der Waals surface area (Å²) in [6, 6.07) is 7.70. The molecular formula is C8H10BN. The molecule has 1 rings (SSSR count). The van der Waals surface area contributed by atoms with E-state index in [4.69, 9.17) is 13.6 Å². The molecule has 2 N–H and O–H groups in total. The van der Waals surface area contributed by atoms with E-state index < -0.39 is 0 Å². The summed E-state index contributed by atoms with van der Waals surface area (Å²) in [6.07, 6.45) is 0. The lowest BCUT2D eigenvalue weighted by molar-refractivity contribution is 0.819. The van der Waals surface area contributed by atoms with Crippen molar-refractivity contribution >= 4 is 13.3 Å². The second-order valence-corrected chi connectivity index (χ2v) is 2.46. The maximum Gasteiger partial charge on any atom is 0.113 e. The molecule has 50 valence electrons. The highest BCUT2D eigenvalue weighted by Crippen LogP contribution is 2.05. The molecule has 0 saturated carbocycles. The zero-order chi connectivity index (χ0) is 7.56. The van der Waals surface area contributed by atoms with Gasteiger partial charge >= 0.3 is 0 Å². The maximum absolute atomic E-state index is 5.63. The quantitative estimate of drug-likeness (QED) is 0.551. The Labute approximate surface area is 62.7 Å². The predicted molar refractivity (Wildman–Crippen MR) is 44.4 cm³/mol. The standard InChI is InChI=1S/C8H10BN/c1-6(10)7-3-2-4-8(9)5-7/h2-6H,10H2,1H3. The van der Waals surface area contributed by atoms with Crippen LogP contribution in [0.4, 0.5) is 0 Å². The lowest BCUT2D eigenvalue weighted by atomic mass is 9.93. The molecule has 0 saturated heterocycles. The van der Waals surface area contributed by atoms with Gasteiger partial charge in [-0.2, -0.15) is 0 Å². The molecule has 1 aromatic carbocycles. The summed E-state index contributed by atoms with van der Waals surface area (Å²) in [7, 11) is 5.54. The summed E-state index contributed by atoms with van der Waals surface area (Å²) in [5, 5.41) is 0. The highest BCUT2D eigenvalue weighted by atomic mass is 14.6. The zero-order valence-electron chi connectivity index (χ0n) is 6.04. The van der Waals surface area contributed by atoms with Crippen LogP contribution in [-0.4, -0.2) is 7.85 Å². The first-order valence-electron chi connectivity index (χ1n) is 3.31. The van der Waals surface area contributed by atoms with E-state index in [2.05, 4.69) is 0 Å². The third-order valence-electron chi connectivity index (χ3n) is 1.44. The van der Waals surface area contributed by atoms with E-state index in [0.29, 0.717) is 0 Å². The van der Waals surface area contributed by atoms with Crippen molar-refractivity contribution in [3.63, 3.8) is 0 Å². The summed E-state index contributed by atoms with van der Waals surface area (Å²) in [5.41, 5.74) is 7.48. The van der Waals surface area contributed by atoms with Gasteiger partial charge in [-0.25, -0.2) is 0 Å². The highest BCUT2D eigenvalue weighted by molar-refractivity contribution is 6.32. The molecule has 0 fully saturated rings. The van der Waals surface area contributed by atoms with Crippen LogP contribution >= 0.6 is 0 Å². The topological polar surface area (TPSA) is 26.0 Å². The number of hydrogen-bond acceptors (Lipinski definition) is 1. The van der Waals surface area contributed by atoms with Crippen LogP contribution in [0.2, 0.25) is 0 Å². The zero-order valence-corrected chi connectivity index (χ0v) is 6.04. The minimum Gasteiger partial charge on any atom is -0.324 e. The molecule has 0 heterocycles. The Balaban J connectivity index is 2.96. The van der Waals surface area contributed by atoms with Crippen molar-refractivity contribution in [1.29, 1.82) is 0 Å². The SMILES string of the molecule is [B]c1cccc(C(C)N)c1. The summed E-state index contributed by atoms with van der Waals surface area (Å²) in [4.78, 5) is 0. The molecule has 0 amide bonds. The minimum atomic E-state index is 0.0727. The third kappa shape index (κ3) is 1.61. The molecule has 1 unspecified atom stereocenters. The fraction of sp³-hybridized carbons (Fsp3) is 0.250. The summed E-state index contributed by atoms with van der Waals surface area (Å²) in [6.45, 7) is 1.94. The third-order valence-corrected chi connectivity index (χ3v) is 1.44. The van der Waals surface area contributed by atoms with E-state index in [-0.39, 0.29) is 6.04 Å². The van der Waals surface area contributed by atoms with Crippen molar-refractivity contribution in [3.05, 3.63) is 29.8 Å². The number of hydrogen-bond donors (Lipinski definition) is 1. The molecule has 0 aliphatic heterocycles. The van der Waals surface area contributed by atoms with Gasteiger partial charge in [-0.3, -0.25) is 0 Å². The fourth-order valence-electron chi connectivity index (χ4n) is 0.842. The Hall–Kier alpha value is -0.755. The van der Waals surface area contributed by atoms with Crippen molar-refractivity contribution in [3.8, 4) is 0 Å². The molecule has 0 aliphatic rings. The predicted octanol–water partition coefficient (Wildman–Crippen LogP) is 0.500. The summed E-state index contributed by atoms with van der Waals surface area (Å²) in [5.74, 6) is 0. The van der Waals surface area contributed by atoms with Crippen LogP contribution in [0.1, 0.15) is 18.5 Å². The largest absolute Gasteiger partial charge is 0.324 e. The molecule has 2 heteroatoms. The molecule has 2 radical (unpaired) electrons. The molecule has 1 atom stereocenters. The lowest BCUT2D eigenvalue weighted by Crippen LogP contribution is -2.09. The van der Waals surface area contributed by atoms with Gasteiger partial charge in [0.25, 0.3) is 0 Å². The van der Waals surface area contributed by atoms with Gasteiger partial charge in [0.1, 0.15) is 7.85 Å². The van der Waals surface area contributed by atoms with Gasteiger partial charge < -0.3 is 5.73 Å². The van der Waals surface area contributed by atoms with Crippen molar-refractivity contribution in [2.24, 2.45) is 5.73 Å². The second-order valence-electron chi connectivity index (χ2n) is 2.46. The van der Waals surface area contributed by atoms with E-state index in [1.165, 1.54) is 0 Å². The van der Waals surface area contributed by atoms with Gasteiger partial charge in [0.05, 0.1) is 0 Å². The Bertz CT molecular complexity index is 220. The van der Waals surface area contributed by atoms with Gasteiger partial charge in [-0.15, -0.1) is 0 Å². The van der Waals surface area contributed by atoms with E-state index >= 15 is 0 Å². The van der Waals surface area contributed by atoms with E-state index in [1.807, 2.05) is 31.2 Å². The molecule has 1 aromatic rings. The minimum absolute atomic E-state index is 0.0727.